The Balaban J connectivity index is 2.45. The van der Waals surface area contributed by atoms with Gasteiger partial charge in [0.1, 0.15) is 0 Å². The van der Waals surface area contributed by atoms with Gasteiger partial charge < -0.3 is 20.5 Å². The number of carboxylic acids is 1. The van der Waals surface area contributed by atoms with Crippen molar-refractivity contribution in [3.05, 3.63) is 34.3 Å². The minimum Gasteiger partial charge on any atom is -0.479 e. The molecule has 126 valence electrons. The van der Waals surface area contributed by atoms with E-state index in [1.807, 2.05) is 0 Å². The highest BCUT2D eigenvalue weighted by molar-refractivity contribution is 9.10. The lowest BCUT2D eigenvalue weighted by atomic mass is 10.0. The summed E-state index contributed by atoms with van der Waals surface area (Å²) in [6.07, 6.45) is -0.0329. The Labute approximate surface area is 142 Å². The number of carbonyl (C=O) groups is 3. The van der Waals surface area contributed by atoms with E-state index in [2.05, 4.69) is 26.6 Å². The molecular weight excluding hydrogens is 368 g/mol. The zero-order valence-corrected chi connectivity index (χ0v) is 14.5. The van der Waals surface area contributed by atoms with Crippen molar-refractivity contribution in [2.45, 2.75) is 18.9 Å². The van der Waals surface area contributed by atoms with Crippen LogP contribution >= 0.6 is 15.9 Å². The molecular formula is C15H19BrN2O5. The van der Waals surface area contributed by atoms with Gasteiger partial charge in [0.15, 0.2) is 5.54 Å². The lowest BCUT2D eigenvalue weighted by Crippen LogP contribution is -2.55. The van der Waals surface area contributed by atoms with Gasteiger partial charge in [-0.1, -0.05) is 15.9 Å². The molecule has 1 atom stereocenters. The van der Waals surface area contributed by atoms with E-state index in [1.54, 1.807) is 24.3 Å². The summed E-state index contributed by atoms with van der Waals surface area (Å²) in [5.41, 5.74) is -1.02. The molecule has 0 aromatic heterocycles. The van der Waals surface area contributed by atoms with E-state index < -0.39 is 17.4 Å². The number of carbonyl (C=O) groups excluding carboxylic acids is 2. The molecule has 0 saturated heterocycles. The number of hydrogen-bond donors (Lipinski definition) is 3. The lowest BCUT2D eigenvalue weighted by Gasteiger charge is -2.25. The van der Waals surface area contributed by atoms with E-state index in [9.17, 15) is 14.4 Å². The third kappa shape index (κ3) is 5.99. The van der Waals surface area contributed by atoms with E-state index in [4.69, 9.17) is 9.84 Å². The van der Waals surface area contributed by atoms with Crippen LogP contribution in [0.15, 0.2) is 28.7 Å². The van der Waals surface area contributed by atoms with Gasteiger partial charge in [-0.3, -0.25) is 9.59 Å². The molecule has 0 aliphatic heterocycles. The predicted octanol–water partition coefficient (Wildman–Crippen LogP) is 1.17. The maximum absolute atomic E-state index is 11.9. The highest BCUT2D eigenvalue weighted by atomic mass is 79.9. The van der Waals surface area contributed by atoms with Gasteiger partial charge in [0.25, 0.3) is 5.91 Å². The van der Waals surface area contributed by atoms with E-state index in [0.717, 1.165) is 4.47 Å². The maximum Gasteiger partial charge on any atom is 0.331 e. The average molecular weight is 387 g/mol. The molecule has 1 aromatic carbocycles. The Kier molecular flexibility index (Phi) is 7.18. The second-order valence-electron chi connectivity index (χ2n) is 5.13. The fraction of sp³-hybridized carbons (Fsp3) is 0.400. The summed E-state index contributed by atoms with van der Waals surface area (Å²) in [5.74, 6) is -1.97. The van der Waals surface area contributed by atoms with Gasteiger partial charge >= 0.3 is 5.97 Å². The first kappa shape index (κ1) is 19.1. The van der Waals surface area contributed by atoms with Gasteiger partial charge in [-0.2, -0.15) is 0 Å². The fourth-order valence-corrected chi connectivity index (χ4v) is 2.07. The first-order chi connectivity index (χ1) is 10.8. The number of halogens is 1. The van der Waals surface area contributed by atoms with Crippen molar-refractivity contribution in [1.82, 2.24) is 10.6 Å². The number of aliphatic carboxylic acids is 1. The third-order valence-corrected chi connectivity index (χ3v) is 3.59. The van der Waals surface area contributed by atoms with Crippen LogP contribution in [0.5, 0.6) is 0 Å². The third-order valence-electron chi connectivity index (χ3n) is 3.06. The zero-order chi connectivity index (χ0) is 17.5. The molecule has 1 unspecified atom stereocenters. The van der Waals surface area contributed by atoms with Gasteiger partial charge in [-0.15, -0.1) is 0 Å². The van der Waals surface area contributed by atoms with Gasteiger partial charge in [0, 0.05) is 30.1 Å². The minimum atomic E-state index is -1.50. The molecule has 0 aliphatic rings. The number of methoxy groups -OCH3 is 1. The van der Waals surface area contributed by atoms with Gasteiger partial charge in [0.2, 0.25) is 5.91 Å². The highest BCUT2D eigenvalue weighted by Gasteiger charge is 2.34. The molecule has 0 aliphatic carbocycles. The van der Waals surface area contributed by atoms with Crippen molar-refractivity contribution in [3.63, 3.8) is 0 Å². The van der Waals surface area contributed by atoms with Crippen LogP contribution in [0.2, 0.25) is 0 Å². The molecule has 0 spiro atoms. The van der Waals surface area contributed by atoms with Crippen molar-refractivity contribution in [1.29, 1.82) is 0 Å². The SMILES string of the molecule is COCC(C)(NC(=O)CCNC(=O)c1ccc(Br)cc1)C(=O)O. The summed E-state index contributed by atoms with van der Waals surface area (Å²) in [6.45, 7) is 1.31. The Morgan fingerprint density at radius 3 is 2.39 bits per heavy atom. The van der Waals surface area contributed by atoms with Gasteiger partial charge in [-0.05, 0) is 31.2 Å². The van der Waals surface area contributed by atoms with Gasteiger partial charge in [-0.25, -0.2) is 4.79 Å². The minimum absolute atomic E-state index is 0.0329. The fourth-order valence-electron chi connectivity index (χ4n) is 1.80. The number of benzene rings is 1. The van der Waals surface area contributed by atoms with Crippen molar-refractivity contribution in [2.24, 2.45) is 0 Å². The molecule has 23 heavy (non-hydrogen) atoms. The monoisotopic (exact) mass is 386 g/mol. The van der Waals surface area contributed by atoms with Crippen LogP contribution in [0.25, 0.3) is 0 Å². The number of amides is 2. The smallest absolute Gasteiger partial charge is 0.331 e. The second-order valence-corrected chi connectivity index (χ2v) is 6.05. The molecule has 0 fully saturated rings. The van der Waals surface area contributed by atoms with Crippen LogP contribution in [0.4, 0.5) is 0 Å². The second kappa shape index (κ2) is 8.64. The summed E-state index contributed by atoms with van der Waals surface area (Å²) >= 11 is 3.28. The molecule has 2 amide bonds. The molecule has 0 saturated carbocycles. The molecule has 1 rings (SSSR count). The van der Waals surface area contributed by atoms with Crippen LogP contribution in [0, 0.1) is 0 Å². The number of nitrogens with one attached hydrogen (secondary N) is 2. The molecule has 1 aromatic rings. The standard InChI is InChI=1S/C15H19BrN2O5/c1-15(9-23-2,14(21)22)18-12(19)7-8-17-13(20)10-3-5-11(16)6-4-10/h3-6H,7-9H2,1-2H3,(H,17,20)(H,18,19)(H,21,22). The summed E-state index contributed by atoms with van der Waals surface area (Å²) < 4.78 is 5.67. The summed E-state index contributed by atoms with van der Waals surface area (Å²) in [7, 11) is 1.35. The highest BCUT2D eigenvalue weighted by Crippen LogP contribution is 2.10. The number of hydrogen-bond acceptors (Lipinski definition) is 4. The van der Waals surface area contributed by atoms with Crippen molar-refractivity contribution in [2.75, 3.05) is 20.3 Å². The Morgan fingerprint density at radius 2 is 1.87 bits per heavy atom. The van der Waals surface area contributed by atoms with Crippen LogP contribution in [-0.2, 0) is 14.3 Å². The van der Waals surface area contributed by atoms with E-state index in [0.29, 0.717) is 5.56 Å². The Bertz CT molecular complexity index is 576. The topological polar surface area (TPSA) is 105 Å². The first-order valence-electron chi connectivity index (χ1n) is 6.85. The summed E-state index contributed by atoms with van der Waals surface area (Å²) in [6, 6.07) is 6.79. The van der Waals surface area contributed by atoms with Crippen LogP contribution in [0.1, 0.15) is 23.7 Å². The lowest BCUT2D eigenvalue weighted by molar-refractivity contribution is -0.149. The Morgan fingerprint density at radius 1 is 1.26 bits per heavy atom. The number of rotatable bonds is 8. The van der Waals surface area contributed by atoms with Crippen LogP contribution in [-0.4, -0.2) is 48.7 Å². The number of carboxylic acid groups (broad SMARTS) is 1. The quantitative estimate of drug-likeness (QED) is 0.621. The molecule has 7 nitrogen and oxygen atoms in total. The van der Waals surface area contributed by atoms with E-state index in [-0.39, 0.29) is 25.5 Å². The van der Waals surface area contributed by atoms with Crippen molar-refractivity contribution in [3.8, 4) is 0 Å². The molecule has 3 N–H and O–H groups in total. The largest absolute Gasteiger partial charge is 0.479 e. The van der Waals surface area contributed by atoms with Crippen molar-refractivity contribution >= 4 is 33.7 Å². The molecule has 8 heteroatoms. The van der Waals surface area contributed by atoms with Crippen LogP contribution in [0.3, 0.4) is 0 Å². The van der Waals surface area contributed by atoms with E-state index >= 15 is 0 Å². The van der Waals surface area contributed by atoms with Crippen molar-refractivity contribution < 1.29 is 24.2 Å². The maximum atomic E-state index is 11.9. The zero-order valence-electron chi connectivity index (χ0n) is 12.9. The summed E-state index contributed by atoms with van der Waals surface area (Å²) in [5, 5.41) is 14.1. The molecule has 0 heterocycles. The predicted molar refractivity (Wildman–Crippen MR) is 87.2 cm³/mol. The number of ether oxygens (including phenoxy) is 1. The van der Waals surface area contributed by atoms with Crippen LogP contribution < -0.4 is 10.6 Å². The first-order valence-corrected chi connectivity index (χ1v) is 7.65. The average Bonchev–Trinajstić information content (AvgIpc) is 2.47. The van der Waals surface area contributed by atoms with E-state index in [1.165, 1.54) is 14.0 Å². The summed E-state index contributed by atoms with van der Waals surface area (Å²) in [4.78, 5) is 34.8. The Hall–Kier alpha value is -1.93. The normalized spacial score (nSPS) is 13.0. The molecule has 0 bridgehead atoms. The molecule has 0 radical (unpaired) electrons. The van der Waals surface area contributed by atoms with Gasteiger partial charge in [0.05, 0.1) is 6.61 Å².